The van der Waals surface area contributed by atoms with Gasteiger partial charge in [-0.05, 0) is 6.07 Å². The van der Waals surface area contributed by atoms with Crippen LogP contribution < -0.4 is 11.4 Å². The Bertz CT molecular complexity index is 343. The molecule has 0 aliphatic carbocycles. The second kappa shape index (κ2) is 2.41. The molecular formula is C5H5N3O3. The molecule has 6 nitrogen and oxygen atoms in total. The molecule has 0 aliphatic heterocycles. The van der Waals surface area contributed by atoms with Gasteiger partial charge in [-0.3, -0.25) is 0 Å². The molecule has 6 heteroatoms. The van der Waals surface area contributed by atoms with Crippen molar-refractivity contribution < 1.29 is 9.90 Å². The van der Waals surface area contributed by atoms with Crippen LogP contribution in [-0.2, 0) is 0 Å². The summed E-state index contributed by atoms with van der Waals surface area (Å²) in [7, 11) is 0. The van der Waals surface area contributed by atoms with Gasteiger partial charge in [0.1, 0.15) is 5.82 Å². The van der Waals surface area contributed by atoms with Gasteiger partial charge in [0.2, 0.25) is 0 Å². The maximum absolute atomic E-state index is 10.7. The molecule has 3 N–H and O–H groups in total. The molecule has 1 rings (SSSR count). The molecule has 0 spiro atoms. The Hall–Kier alpha value is -1.85. The largest absolute Gasteiger partial charge is 0.464 e. The van der Waals surface area contributed by atoms with Gasteiger partial charge >= 0.3 is 11.8 Å². The molecule has 0 bridgehead atoms. The van der Waals surface area contributed by atoms with Gasteiger partial charge in [-0.25, -0.2) is 14.6 Å². The summed E-state index contributed by atoms with van der Waals surface area (Å²) in [6, 6.07) is 1.23. The topological polar surface area (TPSA) is 98.2 Å². The Labute approximate surface area is 60.9 Å². The van der Waals surface area contributed by atoms with E-state index in [9.17, 15) is 9.59 Å². The number of nitrogens with zero attached hydrogens (tertiary/aromatic N) is 2. The SMILES string of the molecule is Nc1ccnc(=O)n1C(=O)O. The fourth-order valence-corrected chi connectivity index (χ4v) is 0.612. The molecule has 0 fully saturated rings. The minimum Gasteiger partial charge on any atom is -0.464 e. The molecule has 0 saturated heterocycles. The molecule has 0 atom stereocenters. The molecule has 0 unspecified atom stereocenters. The molecule has 11 heavy (non-hydrogen) atoms. The van der Waals surface area contributed by atoms with Gasteiger partial charge in [0.05, 0.1) is 0 Å². The average Bonchev–Trinajstić information content (AvgIpc) is 1.85. The van der Waals surface area contributed by atoms with Gasteiger partial charge < -0.3 is 10.8 Å². The zero-order chi connectivity index (χ0) is 8.43. The van der Waals surface area contributed by atoms with Crippen LogP contribution in [0.5, 0.6) is 0 Å². The molecule has 0 aliphatic rings. The first-order valence-electron chi connectivity index (χ1n) is 2.70. The van der Waals surface area contributed by atoms with Crippen LogP contribution in [0.4, 0.5) is 10.6 Å². The fraction of sp³-hybridized carbons (Fsp3) is 0. The van der Waals surface area contributed by atoms with Crippen molar-refractivity contribution in [2.75, 3.05) is 5.73 Å². The smallest absolute Gasteiger partial charge is 0.421 e. The van der Waals surface area contributed by atoms with Crippen LogP contribution in [0.15, 0.2) is 17.1 Å². The number of hydrogen-bond donors (Lipinski definition) is 2. The van der Waals surface area contributed by atoms with Crippen molar-refractivity contribution in [1.82, 2.24) is 9.55 Å². The maximum Gasteiger partial charge on any atom is 0.421 e. The quantitative estimate of drug-likeness (QED) is 0.518. The highest BCUT2D eigenvalue weighted by Gasteiger charge is 2.06. The van der Waals surface area contributed by atoms with E-state index in [1.54, 1.807) is 0 Å². The van der Waals surface area contributed by atoms with Crippen LogP contribution in [0.25, 0.3) is 0 Å². The Balaban J connectivity index is 3.45. The van der Waals surface area contributed by atoms with Gasteiger partial charge in [-0.2, -0.15) is 4.57 Å². The fourth-order valence-electron chi connectivity index (χ4n) is 0.612. The van der Waals surface area contributed by atoms with E-state index < -0.39 is 11.8 Å². The summed E-state index contributed by atoms with van der Waals surface area (Å²) in [6.45, 7) is 0. The highest BCUT2D eigenvalue weighted by molar-refractivity contribution is 5.71. The molecule has 1 aromatic rings. The third-order valence-corrected chi connectivity index (χ3v) is 1.07. The Kier molecular flexibility index (Phi) is 1.59. The Morgan fingerprint density at radius 2 is 2.36 bits per heavy atom. The minimum absolute atomic E-state index is 0.141. The lowest BCUT2D eigenvalue weighted by atomic mass is 10.6. The highest BCUT2D eigenvalue weighted by Crippen LogP contribution is 1.93. The Morgan fingerprint density at radius 3 is 2.73 bits per heavy atom. The van der Waals surface area contributed by atoms with E-state index in [0.717, 1.165) is 6.20 Å². The molecule has 0 aromatic carbocycles. The maximum atomic E-state index is 10.7. The lowest BCUT2D eigenvalue weighted by Crippen LogP contribution is -2.29. The molecule has 1 heterocycles. The standard InChI is InChI=1S/C5H5N3O3/c6-3-1-2-7-4(9)8(3)5(10)11/h1-2H,6H2,(H,10,11). The molecule has 1 aromatic heterocycles. The van der Waals surface area contributed by atoms with Crippen molar-refractivity contribution in [3.05, 3.63) is 22.7 Å². The Morgan fingerprint density at radius 1 is 1.73 bits per heavy atom. The van der Waals surface area contributed by atoms with Gasteiger partial charge in [-0.15, -0.1) is 0 Å². The zero-order valence-electron chi connectivity index (χ0n) is 5.39. The second-order valence-corrected chi connectivity index (χ2v) is 1.77. The van der Waals surface area contributed by atoms with Crippen molar-refractivity contribution >= 4 is 11.9 Å². The van der Waals surface area contributed by atoms with E-state index in [2.05, 4.69) is 4.98 Å². The monoisotopic (exact) mass is 155 g/mol. The van der Waals surface area contributed by atoms with Crippen molar-refractivity contribution in [2.45, 2.75) is 0 Å². The number of carbonyl (C=O) groups is 1. The minimum atomic E-state index is -1.43. The lowest BCUT2D eigenvalue weighted by Gasteiger charge is -1.99. The van der Waals surface area contributed by atoms with Crippen LogP contribution >= 0.6 is 0 Å². The van der Waals surface area contributed by atoms with Crippen LogP contribution in [0, 0.1) is 0 Å². The number of aromatic nitrogens is 2. The van der Waals surface area contributed by atoms with Crippen molar-refractivity contribution in [3.63, 3.8) is 0 Å². The summed E-state index contributed by atoms with van der Waals surface area (Å²) in [5, 5.41) is 8.39. The van der Waals surface area contributed by atoms with Gasteiger partial charge in [0, 0.05) is 6.20 Å². The van der Waals surface area contributed by atoms with Gasteiger partial charge in [0.15, 0.2) is 0 Å². The van der Waals surface area contributed by atoms with E-state index in [1.807, 2.05) is 0 Å². The van der Waals surface area contributed by atoms with Crippen LogP contribution in [0.3, 0.4) is 0 Å². The van der Waals surface area contributed by atoms with Crippen LogP contribution in [-0.4, -0.2) is 20.8 Å². The van der Waals surface area contributed by atoms with E-state index in [4.69, 9.17) is 10.8 Å². The summed E-state index contributed by atoms with van der Waals surface area (Å²) in [5.74, 6) is -0.141. The van der Waals surface area contributed by atoms with Gasteiger partial charge in [-0.1, -0.05) is 0 Å². The first kappa shape index (κ1) is 7.26. The normalized spacial score (nSPS) is 9.45. The average molecular weight is 155 g/mol. The number of carboxylic acid groups (broad SMARTS) is 1. The van der Waals surface area contributed by atoms with Crippen molar-refractivity contribution in [3.8, 4) is 0 Å². The summed E-state index contributed by atoms with van der Waals surface area (Å²) in [6.07, 6.45) is -0.280. The molecule has 0 saturated carbocycles. The van der Waals surface area contributed by atoms with Crippen molar-refractivity contribution in [1.29, 1.82) is 0 Å². The van der Waals surface area contributed by atoms with E-state index >= 15 is 0 Å². The summed E-state index contributed by atoms with van der Waals surface area (Å²) < 4.78 is 0.361. The first-order chi connectivity index (χ1) is 5.13. The second-order valence-electron chi connectivity index (χ2n) is 1.77. The van der Waals surface area contributed by atoms with E-state index in [0.29, 0.717) is 4.57 Å². The predicted octanol–water partition coefficient (Wildman–Crippen LogP) is -0.648. The van der Waals surface area contributed by atoms with Crippen LogP contribution in [0.2, 0.25) is 0 Å². The van der Waals surface area contributed by atoms with Crippen LogP contribution in [0.1, 0.15) is 0 Å². The van der Waals surface area contributed by atoms with Gasteiger partial charge in [0.25, 0.3) is 0 Å². The number of anilines is 1. The number of nitrogens with two attached hydrogens (primary N) is 1. The zero-order valence-corrected chi connectivity index (χ0v) is 5.39. The number of hydrogen-bond acceptors (Lipinski definition) is 4. The molecular weight excluding hydrogens is 150 g/mol. The predicted molar refractivity (Wildman–Crippen MR) is 36.3 cm³/mol. The summed E-state index contributed by atoms with van der Waals surface area (Å²) >= 11 is 0. The first-order valence-corrected chi connectivity index (χ1v) is 2.70. The molecule has 0 amide bonds. The van der Waals surface area contributed by atoms with E-state index in [-0.39, 0.29) is 5.82 Å². The summed E-state index contributed by atoms with van der Waals surface area (Å²) in [4.78, 5) is 24.2. The number of rotatable bonds is 0. The van der Waals surface area contributed by atoms with E-state index in [1.165, 1.54) is 6.07 Å². The third kappa shape index (κ3) is 1.18. The molecule has 0 radical (unpaired) electrons. The molecule has 58 valence electrons. The summed E-state index contributed by atoms with van der Waals surface area (Å²) in [5.41, 5.74) is 4.27. The van der Waals surface area contributed by atoms with Crippen molar-refractivity contribution in [2.24, 2.45) is 0 Å². The number of nitrogen functional groups attached to an aromatic ring is 1. The lowest BCUT2D eigenvalue weighted by molar-refractivity contribution is 0.195. The highest BCUT2D eigenvalue weighted by atomic mass is 16.4. The third-order valence-electron chi connectivity index (χ3n) is 1.07.